The maximum atomic E-state index is 14.1. The highest BCUT2D eigenvalue weighted by molar-refractivity contribution is 9.10. The monoisotopic (exact) mass is 310 g/mol. The van der Waals surface area contributed by atoms with Crippen LogP contribution in [0, 0.1) is 5.82 Å². The molecule has 1 aromatic heterocycles. The second-order valence-electron chi connectivity index (χ2n) is 4.35. The molecule has 0 bridgehead atoms. The van der Waals surface area contributed by atoms with Crippen LogP contribution in [0.1, 0.15) is 24.7 Å². The normalized spacial score (nSPS) is 15.1. The van der Waals surface area contributed by atoms with Gasteiger partial charge in [0.15, 0.2) is 5.82 Å². The molecule has 0 saturated heterocycles. The molecule has 1 fully saturated rings. The number of aromatic nitrogens is 3. The minimum atomic E-state index is -0.310. The molecule has 6 heteroatoms. The summed E-state index contributed by atoms with van der Waals surface area (Å²) in [5.41, 5.74) is 6.11. The van der Waals surface area contributed by atoms with Crippen LogP contribution in [-0.4, -0.2) is 14.8 Å². The van der Waals surface area contributed by atoms with Crippen molar-refractivity contribution in [3.63, 3.8) is 0 Å². The first-order valence-electron chi connectivity index (χ1n) is 5.80. The Kier molecular flexibility index (Phi) is 2.91. The molecule has 1 aliphatic rings. The summed E-state index contributed by atoms with van der Waals surface area (Å²) in [4.78, 5) is 0. The highest BCUT2D eigenvalue weighted by atomic mass is 79.9. The molecule has 0 aliphatic heterocycles. The van der Waals surface area contributed by atoms with Gasteiger partial charge in [0.1, 0.15) is 11.6 Å². The van der Waals surface area contributed by atoms with Gasteiger partial charge in [-0.1, -0.05) is 6.07 Å². The third-order valence-corrected chi connectivity index (χ3v) is 3.67. The van der Waals surface area contributed by atoms with E-state index in [0.29, 0.717) is 34.3 Å². The Bertz CT molecular complexity index is 592. The van der Waals surface area contributed by atoms with E-state index < -0.39 is 0 Å². The van der Waals surface area contributed by atoms with Gasteiger partial charge >= 0.3 is 0 Å². The molecule has 18 heavy (non-hydrogen) atoms. The average Bonchev–Trinajstić information content (AvgIpc) is 3.12. The van der Waals surface area contributed by atoms with Crippen LogP contribution >= 0.6 is 15.9 Å². The van der Waals surface area contributed by atoms with E-state index in [1.54, 1.807) is 18.2 Å². The fourth-order valence-corrected chi connectivity index (χ4v) is 2.41. The quantitative estimate of drug-likeness (QED) is 0.948. The van der Waals surface area contributed by atoms with Crippen LogP contribution in [0.2, 0.25) is 0 Å². The van der Waals surface area contributed by atoms with Crippen molar-refractivity contribution < 1.29 is 4.39 Å². The maximum absolute atomic E-state index is 14.1. The van der Waals surface area contributed by atoms with Gasteiger partial charge in [-0.05, 0) is 40.9 Å². The highest BCUT2D eigenvalue weighted by Crippen LogP contribution is 2.39. The zero-order valence-electron chi connectivity index (χ0n) is 9.61. The summed E-state index contributed by atoms with van der Waals surface area (Å²) in [6.07, 6.45) is 2.15. The molecule has 0 atom stereocenters. The van der Waals surface area contributed by atoms with Gasteiger partial charge in [0.2, 0.25) is 0 Å². The summed E-state index contributed by atoms with van der Waals surface area (Å²) in [7, 11) is 0. The van der Waals surface area contributed by atoms with Crippen LogP contribution < -0.4 is 5.73 Å². The standard InChI is InChI=1S/C12H12BrFN4/c13-9-3-1-2-8(11(9)14)12-17-16-10(6-15)18(12)7-4-5-7/h1-3,7H,4-6,15H2. The predicted octanol–water partition coefficient (Wildman–Crippen LogP) is 2.64. The van der Waals surface area contributed by atoms with Gasteiger partial charge in [0.25, 0.3) is 0 Å². The lowest BCUT2D eigenvalue weighted by molar-refractivity contribution is 0.618. The molecule has 0 amide bonds. The molecule has 3 rings (SSSR count). The summed E-state index contributed by atoms with van der Waals surface area (Å²) in [5, 5.41) is 8.14. The van der Waals surface area contributed by atoms with Gasteiger partial charge in [0.05, 0.1) is 16.6 Å². The summed E-state index contributed by atoms with van der Waals surface area (Å²) < 4.78 is 16.5. The number of nitrogens with two attached hydrogens (primary N) is 1. The van der Waals surface area contributed by atoms with E-state index in [-0.39, 0.29) is 5.82 Å². The van der Waals surface area contributed by atoms with Crippen LogP contribution in [0.5, 0.6) is 0 Å². The Labute approximate surface area is 112 Å². The van der Waals surface area contributed by atoms with E-state index in [1.165, 1.54) is 0 Å². The first-order chi connectivity index (χ1) is 8.72. The first kappa shape index (κ1) is 11.8. The van der Waals surface area contributed by atoms with Crippen molar-refractivity contribution in [2.75, 3.05) is 0 Å². The minimum absolute atomic E-state index is 0.310. The SMILES string of the molecule is NCc1nnc(-c2cccc(Br)c2F)n1C1CC1. The maximum Gasteiger partial charge on any atom is 0.167 e. The van der Waals surface area contributed by atoms with Gasteiger partial charge in [-0.15, -0.1) is 10.2 Å². The van der Waals surface area contributed by atoms with Crippen molar-refractivity contribution >= 4 is 15.9 Å². The van der Waals surface area contributed by atoms with Gasteiger partial charge < -0.3 is 10.3 Å². The zero-order valence-corrected chi connectivity index (χ0v) is 11.2. The predicted molar refractivity (Wildman–Crippen MR) is 69.3 cm³/mol. The molecule has 94 valence electrons. The molecule has 1 aliphatic carbocycles. The van der Waals surface area contributed by atoms with Crippen LogP contribution in [0.15, 0.2) is 22.7 Å². The molecule has 0 unspecified atom stereocenters. The third kappa shape index (κ3) is 1.85. The number of halogens is 2. The van der Waals surface area contributed by atoms with Crippen LogP contribution in [-0.2, 0) is 6.54 Å². The zero-order chi connectivity index (χ0) is 12.7. The molecule has 1 saturated carbocycles. The van der Waals surface area contributed by atoms with Gasteiger partial charge in [-0.2, -0.15) is 0 Å². The summed E-state index contributed by atoms with van der Waals surface area (Å²) in [5.74, 6) is 0.971. The fourth-order valence-electron chi connectivity index (χ4n) is 2.04. The van der Waals surface area contributed by atoms with Crippen molar-refractivity contribution in [3.8, 4) is 11.4 Å². The van der Waals surface area contributed by atoms with Crippen molar-refractivity contribution in [2.45, 2.75) is 25.4 Å². The van der Waals surface area contributed by atoms with Gasteiger partial charge in [-0.3, -0.25) is 0 Å². The molecule has 2 N–H and O–H groups in total. The van der Waals surface area contributed by atoms with E-state index in [4.69, 9.17) is 5.73 Å². The number of nitrogens with zero attached hydrogens (tertiary/aromatic N) is 3. The number of benzene rings is 1. The van der Waals surface area contributed by atoms with Crippen molar-refractivity contribution in [1.29, 1.82) is 0 Å². The van der Waals surface area contributed by atoms with E-state index >= 15 is 0 Å². The summed E-state index contributed by atoms with van der Waals surface area (Å²) in [6.45, 7) is 0.319. The largest absolute Gasteiger partial charge is 0.324 e. The van der Waals surface area contributed by atoms with Crippen LogP contribution in [0.3, 0.4) is 0 Å². The third-order valence-electron chi connectivity index (χ3n) is 3.05. The molecule has 4 nitrogen and oxygen atoms in total. The number of hydrogen-bond acceptors (Lipinski definition) is 3. The smallest absolute Gasteiger partial charge is 0.167 e. The van der Waals surface area contributed by atoms with Crippen molar-refractivity contribution in [1.82, 2.24) is 14.8 Å². The summed E-state index contributed by atoms with van der Waals surface area (Å²) >= 11 is 3.19. The van der Waals surface area contributed by atoms with E-state index in [0.717, 1.165) is 12.8 Å². The lowest BCUT2D eigenvalue weighted by atomic mass is 10.2. The average molecular weight is 311 g/mol. The molecule has 1 aromatic carbocycles. The molecule has 2 aromatic rings. The van der Waals surface area contributed by atoms with Crippen molar-refractivity contribution in [2.24, 2.45) is 5.73 Å². The molecular formula is C12H12BrFN4. The number of rotatable bonds is 3. The van der Waals surface area contributed by atoms with Crippen LogP contribution in [0.25, 0.3) is 11.4 Å². The minimum Gasteiger partial charge on any atom is -0.324 e. The lowest BCUT2D eigenvalue weighted by Gasteiger charge is -2.09. The van der Waals surface area contributed by atoms with Crippen LogP contribution in [0.4, 0.5) is 4.39 Å². The topological polar surface area (TPSA) is 56.7 Å². The second-order valence-corrected chi connectivity index (χ2v) is 5.20. The van der Waals surface area contributed by atoms with Gasteiger partial charge in [0, 0.05) is 6.04 Å². The van der Waals surface area contributed by atoms with E-state index in [2.05, 4.69) is 26.1 Å². The molecule has 0 spiro atoms. The molecular weight excluding hydrogens is 299 g/mol. The Hall–Kier alpha value is -1.27. The Balaban J connectivity index is 2.17. The van der Waals surface area contributed by atoms with Crippen molar-refractivity contribution in [3.05, 3.63) is 34.3 Å². The Morgan fingerprint density at radius 1 is 1.39 bits per heavy atom. The first-order valence-corrected chi connectivity index (χ1v) is 6.60. The van der Waals surface area contributed by atoms with E-state index in [9.17, 15) is 4.39 Å². The molecule has 1 heterocycles. The number of hydrogen-bond donors (Lipinski definition) is 1. The molecule has 0 radical (unpaired) electrons. The van der Waals surface area contributed by atoms with Gasteiger partial charge in [-0.25, -0.2) is 4.39 Å². The Morgan fingerprint density at radius 2 is 2.17 bits per heavy atom. The fraction of sp³-hybridized carbons (Fsp3) is 0.333. The lowest BCUT2D eigenvalue weighted by Crippen LogP contribution is -2.08. The van der Waals surface area contributed by atoms with E-state index in [1.807, 2.05) is 4.57 Å². The second kappa shape index (κ2) is 4.44. The Morgan fingerprint density at radius 3 is 2.83 bits per heavy atom. The summed E-state index contributed by atoms with van der Waals surface area (Å²) in [6, 6.07) is 5.53. The highest BCUT2D eigenvalue weighted by Gasteiger charge is 2.30.